The van der Waals surface area contributed by atoms with Crippen molar-refractivity contribution in [3.8, 4) is 0 Å². The number of carbonyl (C=O) groups is 1. The van der Waals surface area contributed by atoms with Crippen molar-refractivity contribution in [1.82, 2.24) is 9.97 Å². The summed E-state index contributed by atoms with van der Waals surface area (Å²) >= 11 is 1.62. The SMILES string of the molecule is Cc1cc(C)nc(Nc2ccc(C(=O)Nc3ccccc3Sc3ccccc3)cc2)n1. The highest BCUT2D eigenvalue weighted by molar-refractivity contribution is 7.99. The van der Waals surface area contributed by atoms with Gasteiger partial charge in [-0.05, 0) is 68.4 Å². The second kappa shape index (κ2) is 9.45. The summed E-state index contributed by atoms with van der Waals surface area (Å²) < 4.78 is 0. The van der Waals surface area contributed by atoms with Crippen molar-refractivity contribution in [1.29, 1.82) is 0 Å². The lowest BCUT2D eigenvalue weighted by molar-refractivity contribution is 0.102. The molecular formula is C25H22N4OS. The summed E-state index contributed by atoms with van der Waals surface area (Å²) in [6.07, 6.45) is 0. The average Bonchev–Trinajstić information content (AvgIpc) is 2.75. The number of hydrogen-bond acceptors (Lipinski definition) is 5. The second-order valence-corrected chi connectivity index (χ2v) is 8.16. The number of para-hydroxylation sites is 1. The van der Waals surface area contributed by atoms with E-state index in [1.165, 1.54) is 0 Å². The first kappa shape index (κ1) is 20.6. The van der Waals surface area contributed by atoms with E-state index < -0.39 is 0 Å². The van der Waals surface area contributed by atoms with Crippen LogP contribution in [0.25, 0.3) is 0 Å². The number of rotatable bonds is 6. The summed E-state index contributed by atoms with van der Waals surface area (Å²) in [5.74, 6) is 0.386. The smallest absolute Gasteiger partial charge is 0.255 e. The Kier molecular flexibility index (Phi) is 6.29. The van der Waals surface area contributed by atoms with Gasteiger partial charge in [0.2, 0.25) is 5.95 Å². The van der Waals surface area contributed by atoms with Gasteiger partial charge in [-0.2, -0.15) is 0 Å². The van der Waals surface area contributed by atoms with Crippen LogP contribution in [-0.2, 0) is 0 Å². The molecule has 1 aromatic heterocycles. The summed E-state index contributed by atoms with van der Waals surface area (Å²) in [5.41, 5.74) is 3.98. The number of anilines is 3. The number of nitrogens with one attached hydrogen (secondary N) is 2. The van der Waals surface area contributed by atoms with Crippen molar-refractivity contribution < 1.29 is 4.79 Å². The van der Waals surface area contributed by atoms with Gasteiger partial charge in [0, 0.05) is 32.4 Å². The number of hydrogen-bond donors (Lipinski definition) is 2. The predicted octanol–water partition coefficient (Wildman–Crippen LogP) is 6.24. The molecule has 2 N–H and O–H groups in total. The minimum Gasteiger partial charge on any atom is -0.324 e. The van der Waals surface area contributed by atoms with Gasteiger partial charge < -0.3 is 10.6 Å². The molecule has 0 radical (unpaired) electrons. The van der Waals surface area contributed by atoms with Gasteiger partial charge in [0.05, 0.1) is 5.69 Å². The van der Waals surface area contributed by atoms with Crippen LogP contribution in [0.4, 0.5) is 17.3 Å². The van der Waals surface area contributed by atoms with Crippen LogP contribution in [0.15, 0.2) is 94.7 Å². The van der Waals surface area contributed by atoms with Crippen molar-refractivity contribution in [2.24, 2.45) is 0 Å². The Morgan fingerprint density at radius 1 is 0.806 bits per heavy atom. The molecule has 0 aliphatic heterocycles. The zero-order valence-corrected chi connectivity index (χ0v) is 18.1. The lowest BCUT2D eigenvalue weighted by Gasteiger charge is -2.11. The van der Waals surface area contributed by atoms with Gasteiger partial charge in [0.25, 0.3) is 5.91 Å². The Morgan fingerprint density at radius 2 is 1.45 bits per heavy atom. The number of aromatic nitrogens is 2. The normalized spacial score (nSPS) is 10.5. The van der Waals surface area contributed by atoms with E-state index in [4.69, 9.17) is 0 Å². The Hall–Kier alpha value is -3.64. The molecule has 1 heterocycles. The van der Waals surface area contributed by atoms with Crippen molar-refractivity contribution in [3.05, 3.63) is 102 Å². The third-order valence-corrected chi connectivity index (χ3v) is 5.58. The van der Waals surface area contributed by atoms with Crippen LogP contribution in [-0.4, -0.2) is 15.9 Å². The molecule has 5 nitrogen and oxygen atoms in total. The maximum Gasteiger partial charge on any atom is 0.255 e. The Labute approximate surface area is 186 Å². The number of amides is 1. The molecule has 0 aliphatic carbocycles. The standard InChI is InChI=1S/C25H22N4OS/c1-17-16-18(2)27-25(26-17)28-20-14-12-19(13-15-20)24(30)29-22-10-6-7-11-23(22)31-21-8-4-3-5-9-21/h3-16H,1-2H3,(H,29,30)(H,26,27,28). The maximum absolute atomic E-state index is 12.8. The van der Waals surface area contributed by atoms with Gasteiger partial charge in [-0.3, -0.25) is 4.79 Å². The molecule has 154 valence electrons. The topological polar surface area (TPSA) is 66.9 Å². The summed E-state index contributed by atoms with van der Waals surface area (Å²) in [6, 6.07) is 27.1. The first-order valence-electron chi connectivity index (χ1n) is 9.89. The van der Waals surface area contributed by atoms with Crippen molar-refractivity contribution >= 4 is 35.0 Å². The minimum absolute atomic E-state index is 0.157. The van der Waals surface area contributed by atoms with Crippen molar-refractivity contribution in [2.45, 2.75) is 23.6 Å². The average molecular weight is 427 g/mol. The molecule has 0 atom stereocenters. The van der Waals surface area contributed by atoms with E-state index in [0.29, 0.717) is 11.5 Å². The van der Waals surface area contributed by atoms with Crippen molar-refractivity contribution in [2.75, 3.05) is 10.6 Å². The number of carbonyl (C=O) groups excluding carboxylic acids is 1. The van der Waals surface area contributed by atoms with Crippen molar-refractivity contribution in [3.63, 3.8) is 0 Å². The molecule has 1 amide bonds. The molecule has 0 saturated carbocycles. The summed E-state index contributed by atoms with van der Waals surface area (Å²) in [5, 5.41) is 6.21. The van der Waals surface area contributed by atoms with Gasteiger partial charge in [-0.1, -0.05) is 42.1 Å². The first-order valence-corrected chi connectivity index (χ1v) is 10.7. The molecule has 4 rings (SSSR count). The molecule has 0 spiro atoms. The molecule has 0 aliphatic rings. The molecule has 31 heavy (non-hydrogen) atoms. The molecular weight excluding hydrogens is 404 g/mol. The lowest BCUT2D eigenvalue weighted by Crippen LogP contribution is -2.12. The summed E-state index contributed by atoms with van der Waals surface area (Å²) in [7, 11) is 0. The Bertz CT molecular complexity index is 1170. The Balaban J connectivity index is 1.46. The third kappa shape index (κ3) is 5.49. The largest absolute Gasteiger partial charge is 0.324 e. The van der Waals surface area contributed by atoms with Gasteiger partial charge in [0.15, 0.2) is 0 Å². The van der Waals surface area contributed by atoms with E-state index in [-0.39, 0.29) is 5.91 Å². The molecule has 0 fully saturated rings. The van der Waals surface area contributed by atoms with E-state index in [1.807, 2.05) is 74.5 Å². The zero-order valence-electron chi connectivity index (χ0n) is 17.3. The zero-order chi connectivity index (χ0) is 21.6. The summed E-state index contributed by atoms with van der Waals surface area (Å²) in [4.78, 5) is 23.7. The van der Waals surface area contributed by atoms with E-state index in [0.717, 1.165) is 32.6 Å². The fourth-order valence-corrected chi connectivity index (χ4v) is 4.01. The van der Waals surface area contributed by atoms with E-state index in [1.54, 1.807) is 23.9 Å². The maximum atomic E-state index is 12.8. The lowest BCUT2D eigenvalue weighted by atomic mass is 10.2. The number of nitrogens with zero attached hydrogens (tertiary/aromatic N) is 2. The van der Waals surface area contributed by atoms with Crippen LogP contribution in [0.2, 0.25) is 0 Å². The van der Waals surface area contributed by atoms with Gasteiger partial charge >= 0.3 is 0 Å². The van der Waals surface area contributed by atoms with Gasteiger partial charge in [-0.15, -0.1) is 0 Å². The highest BCUT2D eigenvalue weighted by atomic mass is 32.2. The monoisotopic (exact) mass is 426 g/mol. The second-order valence-electron chi connectivity index (χ2n) is 7.04. The quantitative estimate of drug-likeness (QED) is 0.382. The van der Waals surface area contributed by atoms with Crippen LogP contribution in [0.3, 0.4) is 0 Å². The fourth-order valence-electron chi connectivity index (χ4n) is 3.08. The molecule has 0 unspecified atom stereocenters. The number of aryl methyl sites for hydroxylation is 2. The van der Waals surface area contributed by atoms with E-state index in [9.17, 15) is 4.79 Å². The predicted molar refractivity (Wildman–Crippen MR) is 126 cm³/mol. The van der Waals surface area contributed by atoms with Crippen LogP contribution in [0.1, 0.15) is 21.7 Å². The van der Waals surface area contributed by atoms with E-state index >= 15 is 0 Å². The molecule has 4 aromatic rings. The molecule has 3 aromatic carbocycles. The van der Waals surface area contributed by atoms with Gasteiger partial charge in [0.1, 0.15) is 0 Å². The van der Waals surface area contributed by atoms with E-state index in [2.05, 4.69) is 32.7 Å². The van der Waals surface area contributed by atoms with Gasteiger partial charge in [-0.25, -0.2) is 9.97 Å². The molecule has 0 saturated heterocycles. The third-order valence-electron chi connectivity index (χ3n) is 4.49. The molecule has 0 bridgehead atoms. The Morgan fingerprint density at radius 3 is 2.16 bits per heavy atom. The highest BCUT2D eigenvalue weighted by Crippen LogP contribution is 2.33. The summed E-state index contributed by atoms with van der Waals surface area (Å²) in [6.45, 7) is 3.86. The molecule has 6 heteroatoms. The minimum atomic E-state index is -0.157. The van der Waals surface area contributed by atoms with Crippen LogP contribution in [0, 0.1) is 13.8 Å². The van der Waals surface area contributed by atoms with Crippen LogP contribution in [0.5, 0.6) is 0 Å². The number of benzene rings is 3. The van der Waals surface area contributed by atoms with Crippen LogP contribution >= 0.6 is 11.8 Å². The van der Waals surface area contributed by atoms with Crippen LogP contribution < -0.4 is 10.6 Å². The first-order chi connectivity index (χ1) is 15.1. The fraction of sp³-hybridized carbons (Fsp3) is 0.0800. The highest BCUT2D eigenvalue weighted by Gasteiger charge is 2.10.